The minimum absolute atomic E-state index is 0.242. The molecule has 0 saturated carbocycles. The SMILES string of the molecule is CC(C)CCC(=O)CCNC(CCCCN)C(N)=O. The van der Waals surface area contributed by atoms with Crippen molar-refractivity contribution < 1.29 is 9.59 Å². The number of rotatable bonds is 12. The normalized spacial score (nSPS) is 12.6. The lowest BCUT2D eigenvalue weighted by Crippen LogP contribution is -2.42. The van der Waals surface area contributed by atoms with E-state index in [2.05, 4.69) is 19.2 Å². The maximum Gasteiger partial charge on any atom is 0.234 e. The van der Waals surface area contributed by atoms with Gasteiger partial charge in [0.15, 0.2) is 0 Å². The highest BCUT2D eigenvalue weighted by molar-refractivity contribution is 5.80. The van der Waals surface area contributed by atoms with Crippen molar-refractivity contribution in [2.45, 2.75) is 58.4 Å². The Morgan fingerprint density at radius 3 is 2.32 bits per heavy atom. The highest BCUT2D eigenvalue weighted by atomic mass is 16.1. The molecule has 0 aliphatic rings. The molecule has 0 rings (SSSR count). The van der Waals surface area contributed by atoms with Crippen LogP contribution >= 0.6 is 0 Å². The Hall–Kier alpha value is -0.940. The molecular weight excluding hydrogens is 242 g/mol. The molecular formula is C14H29N3O2. The molecule has 0 aromatic carbocycles. The van der Waals surface area contributed by atoms with Gasteiger partial charge in [-0.25, -0.2) is 0 Å². The van der Waals surface area contributed by atoms with Gasteiger partial charge in [0.05, 0.1) is 6.04 Å². The first-order valence-electron chi connectivity index (χ1n) is 7.21. The zero-order valence-corrected chi connectivity index (χ0v) is 12.3. The molecule has 0 bridgehead atoms. The van der Waals surface area contributed by atoms with Crippen molar-refractivity contribution in [3.63, 3.8) is 0 Å². The molecule has 0 aliphatic carbocycles. The van der Waals surface area contributed by atoms with Crippen molar-refractivity contribution in [3.05, 3.63) is 0 Å². The number of hydrogen-bond donors (Lipinski definition) is 3. The summed E-state index contributed by atoms with van der Waals surface area (Å²) in [5.41, 5.74) is 10.7. The predicted octanol–water partition coefficient (Wildman–Crippen LogP) is 0.954. The van der Waals surface area contributed by atoms with Crippen molar-refractivity contribution in [1.29, 1.82) is 0 Å². The van der Waals surface area contributed by atoms with Crippen LogP contribution in [0, 0.1) is 5.92 Å². The van der Waals surface area contributed by atoms with Gasteiger partial charge in [-0.3, -0.25) is 9.59 Å². The monoisotopic (exact) mass is 271 g/mol. The van der Waals surface area contributed by atoms with Gasteiger partial charge >= 0.3 is 0 Å². The summed E-state index contributed by atoms with van der Waals surface area (Å²) >= 11 is 0. The van der Waals surface area contributed by atoms with E-state index in [1.54, 1.807) is 0 Å². The van der Waals surface area contributed by atoms with Gasteiger partial charge in [0.2, 0.25) is 5.91 Å². The van der Waals surface area contributed by atoms with Crippen LogP contribution in [-0.4, -0.2) is 30.8 Å². The molecule has 1 atom stereocenters. The number of amides is 1. The van der Waals surface area contributed by atoms with Crippen LogP contribution in [-0.2, 0) is 9.59 Å². The molecule has 5 N–H and O–H groups in total. The van der Waals surface area contributed by atoms with Crippen molar-refractivity contribution in [3.8, 4) is 0 Å². The van der Waals surface area contributed by atoms with Gasteiger partial charge in [-0.1, -0.05) is 20.3 Å². The largest absolute Gasteiger partial charge is 0.368 e. The Morgan fingerprint density at radius 1 is 1.11 bits per heavy atom. The molecule has 0 aromatic rings. The molecule has 112 valence electrons. The number of nitrogens with two attached hydrogens (primary N) is 2. The van der Waals surface area contributed by atoms with E-state index >= 15 is 0 Å². The van der Waals surface area contributed by atoms with E-state index in [9.17, 15) is 9.59 Å². The van der Waals surface area contributed by atoms with Crippen molar-refractivity contribution in [2.24, 2.45) is 17.4 Å². The van der Waals surface area contributed by atoms with Crippen LogP contribution in [0.1, 0.15) is 52.4 Å². The van der Waals surface area contributed by atoms with Gasteiger partial charge in [0.25, 0.3) is 0 Å². The highest BCUT2D eigenvalue weighted by Crippen LogP contribution is 2.05. The minimum Gasteiger partial charge on any atom is -0.368 e. The summed E-state index contributed by atoms with van der Waals surface area (Å²) in [5.74, 6) is 0.435. The first-order valence-corrected chi connectivity index (χ1v) is 7.21. The van der Waals surface area contributed by atoms with Crippen molar-refractivity contribution in [1.82, 2.24) is 5.32 Å². The van der Waals surface area contributed by atoms with Crippen molar-refractivity contribution >= 4 is 11.7 Å². The van der Waals surface area contributed by atoms with E-state index in [1.807, 2.05) is 0 Å². The second kappa shape index (κ2) is 10.9. The van der Waals surface area contributed by atoms with Crippen molar-refractivity contribution in [2.75, 3.05) is 13.1 Å². The summed E-state index contributed by atoms with van der Waals surface area (Å²) in [4.78, 5) is 22.8. The zero-order valence-electron chi connectivity index (χ0n) is 12.3. The van der Waals surface area contributed by atoms with Crippen LogP contribution in [0.4, 0.5) is 0 Å². The van der Waals surface area contributed by atoms with Crippen LogP contribution < -0.4 is 16.8 Å². The predicted molar refractivity (Wildman–Crippen MR) is 77.6 cm³/mol. The first kappa shape index (κ1) is 18.1. The van der Waals surface area contributed by atoms with E-state index in [-0.39, 0.29) is 17.7 Å². The fraction of sp³-hybridized carbons (Fsp3) is 0.857. The lowest BCUT2D eigenvalue weighted by molar-refractivity contribution is -0.121. The van der Waals surface area contributed by atoms with Gasteiger partial charge in [-0.2, -0.15) is 0 Å². The lowest BCUT2D eigenvalue weighted by Gasteiger charge is -2.15. The number of carbonyl (C=O) groups is 2. The van der Waals surface area contributed by atoms with E-state index in [0.717, 1.165) is 19.3 Å². The van der Waals surface area contributed by atoms with Gasteiger partial charge in [-0.15, -0.1) is 0 Å². The van der Waals surface area contributed by atoms with Gasteiger partial charge in [0, 0.05) is 19.4 Å². The van der Waals surface area contributed by atoms with Crippen LogP contribution in [0.2, 0.25) is 0 Å². The Labute approximate surface area is 116 Å². The smallest absolute Gasteiger partial charge is 0.234 e. The lowest BCUT2D eigenvalue weighted by atomic mass is 10.0. The molecule has 0 aromatic heterocycles. The van der Waals surface area contributed by atoms with Gasteiger partial charge < -0.3 is 16.8 Å². The molecule has 0 heterocycles. The number of unbranched alkanes of at least 4 members (excludes halogenated alkanes) is 1. The van der Waals surface area contributed by atoms with E-state index in [4.69, 9.17) is 11.5 Å². The third kappa shape index (κ3) is 10.7. The molecule has 5 heteroatoms. The molecule has 1 unspecified atom stereocenters. The Morgan fingerprint density at radius 2 is 1.79 bits per heavy atom. The molecule has 0 saturated heterocycles. The number of Topliss-reactive ketones (excluding diaryl/α,β-unsaturated/α-hetero) is 1. The topological polar surface area (TPSA) is 98.2 Å². The fourth-order valence-corrected chi connectivity index (χ4v) is 1.80. The quantitative estimate of drug-likeness (QED) is 0.460. The summed E-state index contributed by atoms with van der Waals surface area (Å²) in [6, 6.07) is -0.343. The molecule has 5 nitrogen and oxygen atoms in total. The van der Waals surface area contributed by atoms with Crippen LogP contribution in [0.15, 0.2) is 0 Å². The third-order valence-electron chi connectivity index (χ3n) is 3.09. The van der Waals surface area contributed by atoms with Gasteiger partial charge in [-0.05, 0) is 31.7 Å². The summed E-state index contributed by atoms with van der Waals surface area (Å²) < 4.78 is 0. The molecule has 0 radical (unpaired) electrons. The molecule has 0 spiro atoms. The third-order valence-corrected chi connectivity index (χ3v) is 3.09. The van der Waals surface area contributed by atoms with E-state index < -0.39 is 0 Å². The average Bonchev–Trinajstić information content (AvgIpc) is 2.34. The zero-order chi connectivity index (χ0) is 14.7. The molecule has 0 fully saturated rings. The van der Waals surface area contributed by atoms with E-state index in [0.29, 0.717) is 38.3 Å². The molecule has 19 heavy (non-hydrogen) atoms. The summed E-state index contributed by atoms with van der Waals surface area (Å²) in [5, 5.41) is 3.06. The summed E-state index contributed by atoms with van der Waals surface area (Å²) in [7, 11) is 0. The number of hydrogen-bond acceptors (Lipinski definition) is 4. The summed E-state index contributed by atoms with van der Waals surface area (Å²) in [6.07, 6.45) is 4.46. The average molecular weight is 271 g/mol. The standard InChI is InChI=1S/C14H29N3O2/c1-11(2)6-7-12(18)8-10-17-13(14(16)19)5-3-4-9-15/h11,13,17H,3-10,15H2,1-2H3,(H2,16,19). The van der Waals surface area contributed by atoms with Crippen LogP contribution in [0.5, 0.6) is 0 Å². The number of nitrogens with one attached hydrogen (secondary N) is 1. The number of carbonyl (C=O) groups excluding carboxylic acids is 2. The second-order valence-electron chi connectivity index (χ2n) is 5.41. The van der Waals surface area contributed by atoms with Crippen LogP contribution in [0.3, 0.4) is 0 Å². The minimum atomic E-state index is -0.355. The summed E-state index contributed by atoms with van der Waals surface area (Å²) in [6.45, 7) is 5.35. The van der Waals surface area contributed by atoms with E-state index in [1.165, 1.54) is 0 Å². The van der Waals surface area contributed by atoms with Crippen LogP contribution in [0.25, 0.3) is 0 Å². The fourth-order valence-electron chi connectivity index (χ4n) is 1.80. The Bertz CT molecular complexity index is 267. The highest BCUT2D eigenvalue weighted by Gasteiger charge is 2.14. The number of ketones is 1. The Balaban J connectivity index is 3.79. The number of primary amides is 1. The Kier molecular flexibility index (Phi) is 10.4. The second-order valence-corrected chi connectivity index (χ2v) is 5.41. The molecule has 1 amide bonds. The maximum atomic E-state index is 11.6. The first-order chi connectivity index (χ1) is 8.97. The maximum absolute atomic E-state index is 11.6. The molecule has 0 aliphatic heterocycles. The van der Waals surface area contributed by atoms with Gasteiger partial charge in [0.1, 0.15) is 5.78 Å².